The van der Waals surface area contributed by atoms with Crippen LogP contribution in [-0.4, -0.2) is 22.1 Å². The maximum absolute atomic E-state index is 12.2. The van der Waals surface area contributed by atoms with Crippen LogP contribution in [-0.2, 0) is 11.2 Å². The SMILES string of the molecule is CC[C@@H](CC#N)NC(=O)[C@@H]1CCCc2[nH]ncc21. The van der Waals surface area contributed by atoms with Crippen LogP contribution in [0.5, 0.6) is 0 Å². The predicted molar refractivity (Wildman–Crippen MR) is 66.7 cm³/mol. The lowest BCUT2D eigenvalue weighted by atomic mass is 9.86. The summed E-state index contributed by atoms with van der Waals surface area (Å²) in [6.45, 7) is 1.98. The summed E-state index contributed by atoms with van der Waals surface area (Å²) < 4.78 is 0. The van der Waals surface area contributed by atoms with Crippen molar-refractivity contribution in [3.8, 4) is 6.07 Å². The molecule has 0 fully saturated rings. The van der Waals surface area contributed by atoms with Crippen LogP contribution >= 0.6 is 0 Å². The fourth-order valence-corrected chi connectivity index (χ4v) is 2.44. The number of aromatic nitrogens is 2. The number of aryl methyl sites for hydroxylation is 1. The Morgan fingerprint density at radius 2 is 2.61 bits per heavy atom. The largest absolute Gasteiger partial charge is 0.352 e. The topological polar surface area (TPSA) is 81.6 Å². The number of amides is 1. The number of hydrogen-bond donors (Lipinski definition) is 2. The molecule has 1 aromatic rings. The van der Waals surface area contributed by atoms with Gasteiger partial charge in [0.05, 0.1) is 24.6 Å². The molecule has 0 unspecified atom stereocenters. The van der Waals surface area contributed by atoms with E-state index in [9.17, 15) is 4.79 Å². The monoisotopic (exact) mass is 246 g/mol. The summed E-state index contributed by atoms with van der Waals surface area (Å²) in [6, 6.07) is 2.07. The lowest BCUT2D eigenvalue weighted by Gasteiger charge is -2.23. The average molecular weight is 246 g/mol. The Balaban J connectivity index is 2.05. The molecule has 96 valence electrons. The van der Waals surface area contributed by atoms with Gasteiger partial charge in [0, 0.05) is 17.3 Å². The van der Waals surface area contributed by atoms with Gasteiger partial charge in [-0.3, -0.25) is 9.89 Å². The number of rotatable bonds is 4. The minimum Gasteiger partial charge on any atom is -0.352 e. The summed E-state index contributed by atoms with van der Waals surface area (Å²) in [7, 11) is 0. The number of fused-ring (bicyclic) bond motifs is 1. The van der Waals surface area contributed by atoms with Gasteiger partial charge in [0.1, 0.15) is 0 Å². The van der Waals surface area contributed by atoms with Gasteiger partial charge in [0.15, 0.2) is 0 Å². The molecule has 0 bridgehead atoms. The number of aromatic amines is 1. The molecular weight excluding hydrogens is 228 g/mol. The third kappa shape index (κ3) is 2.53. The lowest BCUT2D eigenvalue weighted by Crippen LogP contribution is -2.38. The van der Waals surface area contributed by atoms with Gasteiger partial charge in [-0.1, -0.05) is 6.92 Å². The zero-order valence-electron chi connectivity index (χ0n) is 10.6. The third-order valence-corrected chi connectivity index (χ3v) is 3.54. The fourth-order valence-electron chi connectivity index (χ4n) is 2.44. The highest BCUT2D eigenvalue weighted by Gasteiger charge is 2.28. The number of nitriles is 1. The highest BCUT2D eigenvalue weighted by molar-refractivity contribution is 5.84. The molecular formula is C13H18N4O. The minimum absolute atomic E-state index is 0.0273. The van der Waals surface area contributed by atoms with Crippen molar-refractivity contribution in [1.82, 2.24) is 15.5 Å². The van der Waals surface area contributed by atoms with Crippen molar-refractivity contribution in [3.05, 3.63) is 17.5 Å². The molecule has 0 spiro atoms. The number of nitrogens with one attached hydrogen (secondary N) is 2. The first-order valence-electron chi connectivity index (χ1n) is 6.45. The highest BCUT2D eigenvalue weighted by Crippen LogP contribution is 2.30. The van der Waals surface area contributed by atoms with Crippen molar-refractivity contribution in [3.63, 3.8) is 0 Å². The molecule has 18 heavy (non-hydrogen) atoms. The Hall–Kier alpha value is -1.83. The van der Waals surface area contributed by atoms with Gasteiger partial charge in [-0.2, -0.15) is 10.4 Å². The molecule has 0 saturated carbocycles. The van der Waals surface area contributed by atoms with E-state index in [2.05, 4.69) is 21.6 Å². The third-order valence-electron chi connectivity index (χ3n) is 3.54. The zero-order valence-corrected chi connectivity index (χ0v) is 10.6. The van der Waals surface area contributed by atoms with E-state index in [0.29, 0.717) is 6.42 Å². The summed E-state index contributed by atoms with van der Waals surface area (Å²) in [6.07, 6.45) is 5.74. The van der Waals surface area contributed by atoms with Gasteiger partial charge in [-0.05, 0) is 25.7 Å². The summed E-state index contributed by atoms with van der Waals surface area (Å²) in [5.41, 5.74) is 2.10. The number of H-pyrrole nitrogens is 1. The molecule has 2 N–H and O–H groups in total. The summed E-state index contributed by atoms with van der Waals surface area (Å²) in [5, 5.41) is 18.6. The molecule has 0 aliphatic heterocycles. The van der Waals surface area contributed by atoms with E-state index < -0.39 is 0 Å². The quantitative estimate of drug-likeness (QED) is 0.847. The van der Waals surface area contributed by atoms with E-state index in [-0.39, 0.29) is 17.9 Å². The maximum atomic E-state index is 12.2. The molecule has 1 heterocycles. The zero-order chi connectivity index (χ0) is 13.0. The Morgan fingerprint density at radius 3 is 3.33 bits per heavy atom. The molecule has 0 saturated heterocycles. The standard InChI is InChI=1S/C13H18N4O/c1-2-9(6-7-14)16-13(18)10-4-3-5-12-11(10)8-15-17-12/h8-10H,2-6H2,1H3,(H,15,17)(H,16,18)/t9-,10+/m0/s1. The van der Waals surface area contributed by atoms with Gasteiger partial charge in [-0.25, -0.2) is 0 Å². The molecule has 1 aromatic heterocycles. The predicted octanol–water partition coefficient (Wildman–Crippen LogP) is 1.64. The van der Waals surface area contributed by atoms with Crippen LogP contribution in [0, 0.1) is 11.3 Å². The van der Waals surface area contributed by atoms with Crippen LogP contribution in [0.4, 0.5) is 0 Å². The van der Waals surface area contributed by atoms with Gasteiger partial charge < -0.3 is 5.32 Å². The first-order valence-corrected chi connectivity index (χ1v) is 6.45. The number of hydrogen-bond acceptors (Lipinski definition) is 3. The number of carbonyl (C=O) groups excluding carboxylic acids is 1. The van der Waals surface area contributed by atoms with Gasteiger partial charge >= 0.3 is 0 Å². The molecule has 0 aromatic carbocycles. The Kier molecular flexibility index (Phi) is 3.98. The van der Waals surface area contributed by atoms with Crippen molar-refractivity contribution in [2.45, 2.75) is 51.0 Å². The summed E-state index contributed by atoms with van der Waals surface area (Å²) in [4.78, 5) is 12.2. The fraction of sp³-hybridized carbons (Fsp3) is 0.615. The number of nitrogens with zero attached hydrogens (tertiary/aromatic N) is 2. The Labute approximate surface area is 107 Å². The van der Waals surface area contributed by atoms with Crippen molar-refractivity contribution in [2.24, 2.45) is 0 Å². The first kappa shape index (κ1) is 12.6. The molecule has 1 aliphatic rings. The molecule has 2 atom stereocenters. The van der Waals surface area contributed by atoms with Gasteiger partial charge in [-0.15, -0.1) is 0 Å². The molecule has 1 aliphatic carbocycles. The molecule has 1 amide bonds. The minimum atomic E-state index is -0.111. The normalized spacial score (nSPS) is 19.7. The van der Waals surface area contributed by atoms with Crippen molar-refractivity contribution >= 4 is 5.91 Å². The molecule has 5 heteroatoms. The average Bonchev–Trinajstić information content (AvgIpc) is 2.85. The molecule has 5 nitrogen and oxygen atoms in total. The van der Waals surface area contributed by atoms with E-state index in [4.69, 9.17) is 5.26 Å². The van der Waals surface area contributed by atoms with Crippen LogP contribution < -0.4 is 5.32 Å². The molecule has 0 radical (unpaired) electrons. The highest BCUT2D eigenvalue weighted by atomic mass is 16.1. The lowest BCUT2D eigenvalue weighted by molar-refractivity contribution is -0.123. The Bertz CT molecular complexity index is 460. The Morgan fingerprint density at radius 1 is 1.78 bits per heavy atom. The van der Waals surface area contributed by atoms with Crippen LogP contribution in [0.25, 0.3) is 0 Å². The van der Waals surface area contributed by atoms with Crippen LogP contribution in [0.3, 0.4) is 0 Å². The van der Waals surface area contributed by atoms with E-state index in [0.717, 1.165) is 36.9 Å². The van der Waals surface area contributed by atoms with Crippen LogP contribution in [0.1, 0.15) is 49.8 Å². The van der Waals surface area contributed by atoms with E-state index in [1.807, 2.05) is 6.92 Å². The van der Waals surface area contributed by atoms with Crippen molar-refractivity contribution in [1.29, 1.82) is 5.26 Å². The van der Waals surface area contributed by atoms with Crippen molar-refractivity contribution < 1.29 is 4.79 Å². The first-order chi connectivity index (χ1) is 8.76. The second-order valence-corrected chi connectivity index (χ2v) is 4.72. The summed E-state index contributed by atoms with van der Waals surface area (Å²) >= 11 is 0. The smallest absolute Gasteiger partial charge is 0.227 e. The summed E-state index contributed by atoms with van der Waals surface area (Å²) in [5.74, 6) is -0.0836. The van der Waals surface area contributed by atoms with Gasteiger partial charge in [0.2, 0.25) is 5.91 Å². The number of carbonyl (C=O) groups is 1. The van der Waals surface area contributed by atoms with Crippen LogP contribution in [0.15, 0.2) is 6.20 Å². The van der Waals surface area contributed by atoms with Gasteiger partial charge in [0.25, 0.3) is 0 Å². The van der Waals surface area contributed by atoms with E-state index >= 15 is 0 Å². The van der Waals surface area contributed by atoms with E-state index in [1.165, 1.54) is 0 Å². The van der Waals surface area contributed by atoms with E-state index in [1.54, 1.807) is 6.20 Å². The maximum Gasteiger partial charge on any atom is 0.227 e. The van der Waals surface area contributed by atoms with Crippen molar-refractivity contribution in [2.75, 3.05) is 0 Å². The van der Waals surface area contributed by atoms with Crippen LogP contribution in [0.2, 0.25) is 0 Å². The second-order valence-electron chi connectivity index (χ2n) is 4.72. The molecule has 2 rings (SSSR count). The second kappa shape index (κ2) is 5.67.